The van der Waals surface area contributed by atoms with Crippen molar-refractivity contribution in [3.05, 3.63) is 29.6 Å². The number of aryl methyl sites for hydroxylation is 1. The van der Waals surface area contributed by atoms with Crippen LogP contribution in [0.5, 0.6) is 0 Å². The lowest BCUT2D eigenvalue weighted by Crippen LogP contribution is -2.24. The van der Waals surface area contributed by atoms with Crippen LogP contribution in [0.2, 0.25) is 0 Å². The largest absolute Gasteiger partial charge is 0.296 e. The highest BCUT2D eigenvalue weighted by molar-refractivity contribution is 5.21. The van der Waals surface area contributed by atoms with Gasteiger partial charge in [-0.3, -0.25) is 9.88 Å². The molecule has 2 rings (SSSR count). The molecule has 1 aliphatic rings. The van der Waals surface area contributed by atoms with Crippen LogP contribution in [0, 0.1) is 6.92 Å². The van der Waals surface area contributed by atoms with Crippen molar-refractivity contribution in [1.82, 2.24) is 9.88 Å². The first-order chi connectivity index (χ1) is 7.81. The Balaban J connectivity index is 2.07. The fraction of sp³-hybridized carbons (Fsp3) is 0.643. The summed E-state index contributed by atoms with van der Waals surface area (Å²) >= 11 is 0. The van der Waals surface area contributed by atoms with E-state index in [-0.39, 0.29) is 0 Å². The van der Waals surface area contributed by atoms with E-state index in [4.69, 9.17) is 0 Å². The smallest absolute Gasteiger partial charge is 0.0363 e. The molecule has 0 N–H and O–H groups in total. The zero-order valence-electron chi connectivity index (χ0n) is 10.4. The molecule has 1 atom stereocenters. The molecule has 0 amide bonds. The molecule has 2 heterocycles. The number of unbranched alkanes of at least 4 members (excludes halogenated alkanes) is 1. The summed E-state index contributed by atoms with van der Waals surface area (Å²) in [7, 11) is 0. The topological polar surface area (TPSA) is 16.1 Å². The van der Waals surface area contributed by atoms with Crippen molar-refractivity contribution in [3.8, 4) is 0 Å². The van der Waals surface area contributed by atoms with Crippen LogP contribution in [0.4, 0.5) is 0 Å². The van der Waals surface area contributed by atoms with Crippen LogP contribution in [-0.2, 0) is 0 Å². The van der Waals surface area contributed by atoms with E-state index >= 15 is 0 Å². The Kier molecular flexibility index (Phi) is 3.94. The predicted octanol–water partition coefficient (Wildman–Crippen LogP) is 3.33. The van der Waals surface area contributed by atoms with E-state index in [1.54, 1.807) is 0 Å². The molecule has 16 heavy (non-hydrogen) atoms. The van der Waals surface area contributed by atoms with E-state index < -0.39 is 0 Å². The van der Waals surface area contributed by atoms with Crippen LogP contribution >= 0.6 is 0 Å². The average Bonchev–Trinajstić information content (AvgIpc) is 2.74. The lowest BCUT2D eigenvalue weighted by atomic mass is 10.1. The summed E-state index contributed by atoms with van der Waals surface area (Å²) in [6.45, 7) is 6.90. The molecule has 0 aromatic carbocycles. The maximum absolute atomic E-state index is 4.32. The molecule has 1 aromatic rings. The Labute approximate surface area is 98.7 Å². The zero-order chi connectivity index (χ0) is 11.4. The van der Waals surface area contributed by atoms with E-state index in [0.29, 0.717) is 6.04 Å². The second-order valence-electron chi connectivity index (χ2n) is 4.84. The molecule has 1 aromatic heterocycles. The Bertz CT molecular complexity index is 335. The minimum absolute atomic E-state index is 0.624. The quantitative estimate of drug-likeness (QED) is 0.770. The maximum Gasteiger partial charge on any atom is 0.0363 e. The number of rotatable bonds is 4. The van der Waals surface area contributed by atoms with Gasteiger partial charge in [-0.15, -0.1) is 0 Å². The third-order valence-corrected chi connectivity index (χ3v) is 3.44. The molecule has 0 spiro atoms. The van der Waals surface area contributed by atoms with E-state index in [2.05, 4.69) is 29.8 Å². The Morgan fingerprint density at radius 3 is 3.06 bits per heavy atom. The molecular formula is C14H22N2. The molecule has 0 aliphatic carbocycles. The Morgan fingerprint density at radius 2 is 2.31 bits per heavy atom. The fourth-order valence-corrected chi connectivity index (χ4v) is 2.59. The Morgan fingerprint density at radius 1 is 1.44 bits per heavy atom. The highest BCUT2D eigenvalue weighted by Crippen LogP contribution is 2.31. The monoisotopic (exact) mass is 218 g/mol. The van der Waals surface area contributed by atoms with Gasteiger partial charge in [0.2, 0.25) is 0 Å². The Hall–Kier alpha value is -0.890. The van der Waals surface area contributed by atoms with Crippen LogP contribution in [0.25, 0.3) is 0 Å². The summed E-state index contributed by atoms with van der Waals surface area (Å²) in [5.74, 6) is 0. The third kappa shape index (κ3) is 2.62. The van der Waals surface area contributed by atoms with Gasteiger partial charge < -0.3 is 0 Å². The first-order valence-electron chi connectivity index (χ1n) is 6.47. The van der Waals surface area contributed by atoms with Crippen LogP contribution in [0.3, 0.4) is 0 Å². The minimum Gasteiger partial charge on any atom is -0.296 e. The predicted molar refractivity (Wildman–Crippen MR) is 67.4 cm³/mol. The molecule has 1 aliphatic heterocycles. The summed E-state index contributed by atoms with van der Waals surface area (Å²) in [6.07, 6.45) is 9.22. The van der Waals surface area contributed by atoms with Crippen LogP contribution in [-0.4, -0.2) is 23.0 Å². The fourth-order valence-electron chi connectivity index (χ4n) is 2.59. The molecule has 1 saturated heterocycles. The number of pyridine rings is 1. The van der Waals surface area contributed by atoms with Gasteiger partial charge in [0.25, 0.3) is 0 Å². The lowest BCUT2D eigenvalue weighted by Gasteiger charge is -2.24. The van der Waals surface area contributed by atoms with E-state index in [0.717, 1.165) is 0 Å². The van der Waals surface area contributed by atoms with Crippen LogP contribution < -0.4 is 0 Å². The number of hydrogen-bond acceptors (Lipinski definition) is 2. The first kappa shape index (κ1) is 11.6. The number of nitrogens with zero attached hydrogens (tertiary/aromatic N) is 2. The molecule has 0 bridgehead atoms. The molecule has 2 nitrogen and oxygen atoms in total. The molecule has 88 valence electrons. The number of likely N-dealkylation sites (tertiary alicyclic amines) is 1. The van der Waals surface area contributed by atoms with Gasteiger partial charge in [-0.1, -0.05) is 19.4 Å². The van der Waals surface area contributed by atoms with Crippen molar-refractivity contribution in [2.24, 2.45) is 0 Å². The van der Waals surface area contributed by atoms with E-state index in [1.807, 2.05) is 12.4 Å². The number of aromatic nitrogens is 1. The van der Waals surface area contributed by atoms with Crippen LogP contribution in [0.15, 0.2) is 18.5 Å². The molecular weight excluding hydrogens is 196 g/mol. The second kappa shape index (κ2) is 5.44. The van der Waals surface area contributed by atoms with Crippen molar-refractivity contribution in [3.63, 3.8) is 0 Å². The van der Waals surface area contributed by atoms with Crippen molar-refractivity contribution in [2.45, 2.75) is 45.6 Å². The van der Waals surface area contributed by atoms with Crippen LogP contribution in [0.1, 0.15) is 49.8 Å². The van der Waals surface area contributed by atoms with Gasteiger partial charge >= 0.3 is 0 Å². The second-order valence-corrected chi connectivity index (χ2v) is 4.84. The van der Waals surface area contributed by atoms with Gasteiger partial charge in [0.15, 0.2) is 0 Å². The molecule has 1 fully saturated rings. The van der Waals surface area contributed by atoms with E-state index in [9.17, 15) is 0 Å². The molecule has 0 radical (unpaired) electrons. The summed E-state index contributed by atoms with van der Waals surface area (Å²) in [4.78, 5) is 6.94. The molecule has 0 saturated carbocycles. The van der Waals surface area contributed by atoms with Gasteiger partial charge in [0, 0.05) is 18.4 Å². The van der Waals surface area contributed by atoms with Gasteiger partial charge in [0.05, 0.1) is 0 Å². The SMILES string of the molecule is CCCCN1CCC[C@H]1c1cncc(C)c1. The average molecular weight is 218 g/mol. The van der Waals surface area contributed by atoms with Crippen molar-refractivity contribution >= 4 is 0 Å². The van der Waals surface area contributed by atoms with E-state index in [1.165, 1.54) is 49.9 Å². The summed E-state index contributed by atoms with van der Waals surface area (Å²) in [6, 6.07) is 2.92. The van der Waals surface area contributed by atoms with Gasteiger partial charge in [-0.05, 0) is 50.4 Å². The number of hydrogen-bond donors (Lipinski definition) is 0. The van der Waals surface area contributed by atoms with Crippen molar-refractivity contribution in [2.75, 3.05) is 13.1 Å². The highest BCUT2D eigenvalue weighted by Gasteiger charge is 2.25. The molecule has 0 unspecified atom stereocenters. The summed E-state index contributed by atoms with van der Waals surface area (Å²) in [5, 5.41) is 0. The first-order valence-corrected chi connectivity index (χ1v) is 6.47. The lowest BCUT2D eigenvalue weighted by molar-refractivity contribution is 0.253. The van der Waals surface area contributed by atoms with Gasteiger partial charge in [-0.2, -0.15) is 0 Å². The van der Waals surface area contributed by atoms with Gasteiger partial charge in [0.1, 0.15) is 0 Å². The minimum atomic E-state index is 0.624. The zero-order valence-corrected chi connectivity index (χ0v) is 10.4. The normalized spacial score (nSPS) is 21.5. The molecule has 2 heteroatoms. The summed E-state index contributed by atoms with van der Waals surface area (Å²) < 4.78 is 0. The van der Waals surface area contributed by atoms with Crippen molar-refractivity contribution < 1.29 is 0 Å². The van der Waals surface area contributed by atoms with Gasteiger partial charge in [-0.25, -0.2) is 0 Å². The third-order valence-electron chi connectivity index (χ3n) is 3.44. The van der Waals surface area contributed by atoms with Crippen molar-refractivity contribution in [1.29, 1.82) is 0 Å². The standard InChI is InChI=1S/C14H22N2/c1-3-4-7-16-8-5-6-14(16)13-9-12(2)10-15-11-13/h9-11,14H,3-8H2,1-2H3/t14-/m0/s1. The maximum atomic E-state index is 4.32. The summed E-state index contributed by atoms with van der Waals surface area (Å²) in [5.41, 5.74) is 2.69. The highest BCUT2D eigenvalue weighted by atomic mass is 15.2.